The van der Waals surface area contributed by atoms with E-state index in [1.165, 1.54) is 0 Å². The van der Waals surface area contributed by atoms with Crippen LogP contribution in [0.25, 0.3) is 10.9 Å². The number of carbonyl (C=O) groups is 1. The smallest absolute Gasteiger partial charge is 0.261 e. The summed E-state index contributed by atoms with van der Waals surface area (Å²) in [6.07, 6.45) is 1.55. The van der Waals surface area contributed by atoms with E-state index in [1.807, 2.05) is 18.2 Å². The average Bonchev–Trinajstić information content (AvgIpc) is 2.82. The molecule has 6 nitrogen and oxygen atoms in total. The highest BCUT2D eigenvalue weighted by atomic mass is 35.5. The van der Waals surface area contributed by atoms with E-state index < -0.39 is 0 Å². The Morgan fingerprint density at radius 1 is 1.09 bits per heavy atom. The average molecular weight is 462 g/mol. The number of nitrogens with zero attached hydrogens (tertiary/aromatic N) is 2. The van der Waals surface area contributed by atoms with E-state index in [-0.39, 0.29) is 11.5 Å². The number of aryl methyl sites for hydroxylation is 1. The van der Waals surface area contributed by atoms with Crippen molar-refractivity contribution in [3.63, 3.8) is 0 Å². The summed E-state index contributed by atoms with van der Waals surface area (Å²) in [6, 6.07) is 19.5. The third kappa shape index (κ3) is 5.07. The molecule has 1 amide bonds. The summed E-state index contributed by atoms with van der Waals surface area (Å²) < 4.78 is 6.82. The van der Waals surface area contributed by atoms with Gasteiger partial charge in [0, 0.05) is 22.7 Å². The van der Waals surface area contributed by atoms with Crippen molar-refractivity contribution in [2.75, 3.05) is 12.4 Å². The van der Waals surface area contributed by atoms with Crippen LogP contribution in [0.4, 0.5) is 5.69 Å². The zero-order chi connectivity index (χ0) is 23.4. The van der Waals surface area contributed by atoms with Crippen LogP contribution in [-0.4, -0.2) is 22.6 Å². The molecule has 0 aliphatic carbocycles. The monoisotopic (exact) mass is 461 g/mol. The van der Waals surface area contributed by atoms with Gasteiger partial charge in [-0.2, -0.15) is 0 Å². The Labute approximate surface area is 196 Å². The number of hydrogen-bond donors (Lipinski definition) is 1. The molecule has 1 heterocycles. The lowest BCUT2D eigenvalue weighted by Gasteiger charge is -2.14. The van der Waals surface area contributed by atoms with Crippen molar-refractivity contribution in [1.29, 1.82) is 0 Å². The molecule has 4 aromatic rings. The fourth-order valence-corrected chi connectivity index (χ4v) is 3.90. The molecular formula is C26H24ClN3O3. The Bertz CT molecular complexity index is 1360. The molecule has 0 spiro atoms. The minimum absolute atomic E-state index is 0.149. The largest absolute Gasteiger partial charge is 0.497 e. The van der Waals surface area contributed by atoms with Gasteiger partial charge in [-0.1, -0.05) is 30.7 Å². The zero-order valence-corrected chi connectivity index (χ0v) is 19.2. The lowest BCUT2D eigenvalue weighted by Crippen LogP contribution is -2.26. The number of benzene rings is 3. The second kappa shape index (κ2) is 9.88. The number of halogens is 1. The minimum Gasteiger partial charge on any atom is -0.497 e. The molecule has 1 aromatic heterocycles. The van der Waals surface area contributed by atoms with E-state index in [0.29, 0.717) is 45.9 Å². The second-order valence-electron chi connectivity index (χ2n) is 7.71. The number of amides is 1. The minimum atomic E-state index is -0.271. The maximum absolute atomic E-state index is 13.5. The van der Waals surface area contributed by atoms with E-state index in [9.17, 15) is 9.59 Å². The van der Waals surface area contributed by atoms with Crippen LogP contribution in [0, 0.1) is 0 Å². The summed E-state index contributed by atoms with van der Waals surface area (Å²) in [7, 11) is 1.57. The molecule has 4 rings (SSSR count). The molecule has 1 N–H and O–H groups in total. The third-order valence-corrected chi connectivity index (χ3v) is 5.58. The molecule has 168 valence electrons. The number of fused-ring (bicyclic) bond motifs is 1. The summed E-state index contributed by atoms with van der Waals surface area (Å²) in [5.74, 6) is 1.13. The lowest BCUT2D eigenvalue weighted by molar-refractivity contribution is 0.102. The van der Waals surface area contributed by atoms with Gasteiger partial charge in [-0.25, -0.2) is 4.98 Å². The highest BCUT2D eigenvalue weighted by molar-refractivity contribution is 6.30. The van der Waals surface area contributed by atoms with Gasteiger partial charge in [0.05, 0.1) is 24.6 Å². The van der Waals surface area contributed by atoms with Crippen LogP contribution >= 0.6 is 11.6 Å². The number of aromatic nitrogens is 2. The van der Waals surface area contributed by atoms with Crippen molar-refractivity contribution >= 4 is 34.1 Å². The summed E-state index contributed by atoms with van der Waals surface area (Å²) in [6.45, 7) is 2.43. The fourth-order valence-electron chi connectivity index (χ4n) is 3.69. The van der Waals surface area contributed by atoms with Gasteiger partial charge in [0.1, 0.15) is 11.6 Å². The van der Waals surface area contributed by atoms with Crippen LogP contribution < -0.4 is 15.6 Å². The quantitative estimate of drug-likeness (QED) is 0.404. The van der Waals surface area contributed by atoms with Gasteiger partial charge in [-0.15, -0.1) is 0 Å². The van der Waals surface area contributed by atoms with E-state index in [1.54, 1.807) is 60.2 Å². The van der Waals surface area contributed by atoms with Crippen molar-refractivity contribution in [3.05, 3.63) is 99.1 Å². The van der Waals surface area contributed by atoms with Gasteiger partial charge in [-0.3, -0.25) is 14.2 Å². The standard InChI is InChI=1S/C26H24ClN3O3/c1-3-5-24-29-23-13-10-20(28-25(31)18-8-11-21(33-2)12-9-18)15-22(23)26(32)30(24)16-17-6-4-7-19(27)14-17/h4,6-15H,3,5,16H2,1-2H3,(H,28,31). The molecule has 0 radical (unpaired) electrons. The van der Waals surface area contributed by atoms with Crippen LogP contribution in [0.3, 0.4) is 0 Å². The Hall–Kier alpha value is -3.64. The maximum Gasteiger partial charge on any atom is 0.261 e. The Kier molecular flexibility index (Phi) is 6.75. The predicted molar refractivity (Wildman–Crippen MR) is 131 cm³/mol. The topological polar surface area (TPSA) is 73.2 Å². The molecule has 0 fully saturated rings. The molecule has 33 heavy (non-hydrogen) atoms. The first kappa shape index (κ1) is 22.6. The first-order chi connectivity index (χ1) is 16.0. The molecular weight excluding hydrogens is 438 g/mol. The lowest BCUT2D eigenvalue weighted by atomic mass is 10.1. The SMILES string of the molecule is CCCc1nc2ccc(NC(=O)c3ccc(OC)cc3)cc2c(=O)n1Cc1cccc(Cl)c1. The molecule has 0 atom stereocenters. The molecule has 0 aliphatic heterocycles. The van der Waals surface area contributed by atoms with E-state index in [0.717, 1.165) is 17.8 Å². The second-order valence-corrected chi connectivity index (χ2v) is 8.15. The highest BCUT2D eigenvalue weighted by Crippen LogP contribution is 2.19. The first-order valence-corrected chi connectivity index (χ1v) is 11.1. The van der Waals surface area contributed by atoms with E-state index >= 15 is 0 Å². The van der Waals surface area contributed by atoms with Crippen molar-refractivity contribution in [3.8, 4) is 5.75 Å². The third-order valence-electron chi connectivity index (χ3n) is 5.35. The van der Waals surface area contributed by atoms with Crippen molar-refractivity contribution in [2.24, 2.45) is 0 Å². The van der Waals surface area contributed by atoms with Crippen LogP contribution in [0.2, 0.25) is 5.02 Å². The van der Waals surface area contributed by atoms with Crippen LogP contribution in [0.1, 0.15) is 35.1 Å². The van der Waals surface area contributed by atoms with Gasteiger partial charge in [0.15, 0.2) is 0 Å². The summed E-state index contributed by atoms with van der Waals surface area (Å²) >= 11 is 6.13. The Morgan fingerprint density at radius 2 is 1.88 bits per heavy atom. The highest BCUT2D eigenvalue weighted by Gasteiger charge is 2.13. The molecule has 0 saturated heterocycles. The molecule has 3 aromatic carbocycles. The predicted octanol–water partition coefficient (Wildman–Crippen LogP) is 5.31. The fraction of sp³-hybridized carbons (Fsp3) is 0.192. The molecule has 0 bridgehead atoms. The number of anilines is 1. The number of methoxy groups -OCH3 is 1. The van der Waals surface area contributed by atoms with E-state index in [2.05, 4.69) is 12.2 Å². The maximum atomic E-state index is 13.5. The van der Waals surface area contributed by atoms with Crippen LogP contribution in [0.5, 0.6) is 5.75 Å². The molecule has 0 saturated carbocycles. The van der Waals surface area contributed by atoms with Gasteiger partial charge in [0.25, 0.3) is 11.5 Å². The first-order valence-electron chi connectivity index (χ1n) is 10.7. The number of hydrogen-bond acceptors (Lipinski definition) is 4. The normalized spacial score (nSPS) is 10.9. The van der Waals surface area contributed by atoms with Crippen molar-refractivity contribution in [2.45, 2.75) is 26.3 Å². The zero-order valence-electron chi connectivity index (χ0n) is 18.5. The van der Waals surface area contributed by atoms with Gasteiger partial charge < -0.3 is 10.1 Å². The summed E-state index contributed by atoms with van der Waals surface area (Å²) in [5, 5.41) is 3.93. The Balaban J connectivity index is 1.69. The number of carbonyl (C=O) groups excluding carboxylic acids is 1. The number of rotatable bonds is 7. The van der Waals surface area contributed by atoms with Crippen LogP contribution in [-0.2, 0) is 13.0 Å². The summed E-state index contributed by atoms with van der Waals surface area (Å²) in [5.41, 5.74) is 2.40. The number of ether oxygens (including phenoxy) is 1. The Morgan fingerprint density at radius 3 is 2.58 bits per heavy atom. The van der Waals surface area contributed by atoms with E-state index in [4.69, 9.17) is 21.3 Å². The summed E-state index contributed by atoms with van der Waals surface area (Å²) in [4.78, 5) is 30.9. The van der Waals surface area contributed by atoms with Gasteiger partial charge >= 0.3 is 0 Å². The van der Waals surface area contributed by atoms with Crippen molar-refractivity contribution in [1.82, 2.24) is 9.55 Å². The molecule has 0 aliphatic rings. The van der Waals surface area contributed by atoms with Gasteiger partial charge in [0.2, 0.25) is 0 Å². The van der Waals surface area contributed by atoms with Crippen molar-refractivity contribution < 1.29 is 9.53 Å². The molecule has 0 unspecified atom stereocenters. The molecule has 7 heteroatoms. The van der Waals surface area contributed by atoms with Gasteiger partial charge in [-0.05, 0) is 66.6 Å². The number of nitrogens with one attached hydrogen (secondary N) is 1. The van der Waals surface area contributed by atoms with Crippen LogP contribution in [0.15, 0.2) is 71.5 Å².